The molecule has 5 nitrogen and oxygen atoms in total. The van der Waals surface area contributed by atoms with Crippen molar-refractivity contribution < 1.29 is 13.9 Å². The molecule has 3 aliphatic heterocycles. The predicted octanol–water partition coefficient (Wildman–Crippen LogP) is 16.6. The van der Waals surface area contributed by atoms with Gasteiger partial charge in [0.25, 0.3) is 6.71 Å². The van der Waals surface area contributed by atoms with E-state index in [2.05, 4.69) is 249 Å². The lowest BCUT2D eigenvalue weighted by molar-refractivity contribution is 0.172. The van der Waals surface area contributed by atoms with Gasteiger partial charge in [0.15, 0.2) is 11.5 Å². The molecular formula is C69H63BN2O3. The number of rotatable bonds is 5. The first-order valence-corrected chi connectivity index (χ1v) is 26.7. The van der Waals surface area contributed by atoms with E-state index in [9.17, 15) is 0 Å². The summed E-state index contributed by atoms with van der Waals surface area (Å²) in [6.07, 6.45) is 0. The van der Waals surface area contributed by atoms with Crippen LogP contribution in [0.2, 0.25) is 0 Å². The van der Waals surface area contributed by atoms with Crippen molar-refractivity contribution >= 4 is 79.2 Å². The first-order valence-electron chi connectivity index (χ1n) is 26.7. The largest absolute Gasteiger partial charge is 0.486 e. The van der Waals surface area contributed by atoms with Crippen LogP contribution in [0.1, 0.15) is 84.6 Å². The summed E-state index contributed by atoms with van der Waals surface area (Å²) in [5.41, 5.74) is 24.1. The fraction of sp³-hybridized carbons (Fsp3) is 0.217. The molecule has 0 spiro atoms. The molecule has 0 bridgehead atoms. The maximum atomic E-state index is 6.73. The molecule has 4 heterocycles. The van der Waals surface area contributed by atoms with Crippen molar-refractivity contribution in [3.63, 3.8) is 0 Å². The second-order valence-corrected chi connectivity index (χ2v) is 24.2. The number of fused-ring (bicyclic) bond motifs is 9. The number of anilines is 6. The van der Waals surface area contributed by atoms with Gasteiger partial charge in [-0.05, 0) is 168 Å². The van der Waals surface area contributed by atoms with Gasteiger partial charge < -0.3 is 23.7 Å². The molecule has 0 aliphatic carbocycles. The second kappa shape index (κ2) is 17.0. The van der Waals surface area contributed by atoms with Crippen LogP contribution >= 0.6 is 0 Å². The minimum atomic E-state index is -0.123. The Hall–Kier alpha value is -7.96. The maximum absolute atomic E-state index is 6.73. The molecule has 0 unspecified atom stereocenters. The van der Waals surface area contributed by atoms with Crippen LogP contribution in [-0.4, -0.2) is 19.9 Å². The minimum Gasteiger partial charge on any atom is -0.486 e. The van der Waals surface area contributed by atoms with Crippen LogP contribution in [0.25, 0.3) is 55.3 Å². The number of hydrogen-bond acceptors (Lipinski definition) is 5. The van der Waals surface area contributed by atoms with Gasteiger partial charge in [-0.3, -0.25) is 0 Å². The minimum absolute atomic E-state index is 0.000419. The van der Waals surface area contributed by atoms with Crippen molar-refractivity contribution in [2.75, 3.05) is 23.0 Å². The van der Waals surface area contributed by atoms with Crippen LogP contribution in [0.4, 0.5) is 34.1 Å². The third kappa shape index (κ3) is 7.91. The van der Waals surface area contributed by atoms with E-state index in [-0.39, 0.29) is 23.0 Å². The SMILES string of the molecule is Cc1cc2c3c(c1)N(c1ccc(C(C)(C)C)cc1)c1c(ccc4c1OCCO4)B3c1ccc(-c3ccc4c(c3)oc3ccccc34)cc1N2c1cc(-c2ccc(C(C)(C)C)cc2)cc(-c2ccc(C(C)(C)C)cc2)c1. The molecule has 6 heteroatoms. The predicted molar refractivity (Wildman–Crippen MR) is 316 cm³/mol. The number of benzene rings is 9. The Kier molecular flexibility index (Phi) is 10.6. The molecule has 75 heavy (non-hydrogen) atoms. The maximum Gasteiger partial charge on any atom is 0.252 e. The van der Waals surface area contributed by atoms with Crippen molar-refractivity contribution in [1.82, 2.24) is 0 Å². The van der Waals surface area contributed by atoms with Crippen molar-refractivity contribution in [2.45, 2.75) is 85.5 Å². The van der Waals surface area contributed by atoms with E-state index in [0.29, 0.717) is 13.2 Å². The average Bonchev–Trinajstić information content (AvgIpc) is 3.86. The monoisotopic (exact) mass is 978 g/mol. The fourth-order valence-corrected chi connectivity index (χ4v) is 11.9. The van der Waals surface area contributed by atoms with Crippen LogP contribution in [0, 0.1) is 6.92 Å². The van der Waals surface area contributed by atoms with Gasteiger partial charge >= 0.3 is 0 Å². The van der Waals surface area contributed by atoms with Crippen LogP contribution in [0.3, 0.4) is 0 Å². The molecule has 0 atom stereocenters. The summed E-state index contributed by atoms with van der Waals surface area (Å²) < 4.78 is 19.6. The van der Waals surface area contributed by atoms with Crippen LogP contribution in [0.15, 0.2) is 180 Å². The van der Waals surface area contributed by atoms with Crippen LogP contribution < -0.4 is 35.7 Å². The Labute approximate surface area is 442 Å². The normalized spacial score (nSPS) is 14.0. The number of ether oxygens (including phenoxy) is 2. The Balaban J connectivity index is 1.09. The lowest BCUT2D eigenvalue weighted by Gasteiger charge is -2.45. The lowest BCUT2D eigenvalue weighted by Crippen LogP contribution is -2.61. The molecule has 0 fully saturated rings. The molecule has 3 aliphatic rings. The van der Waals surface area contributed by atoms with Gasteiger partial charge in [0.2, 0.25) is 0 Å². The second-order valence-electron chi connectivity index (χ2n) is 24.2. The van der Waals surface area contributed by atoms with Gasteiger partial charge in [0.05, 0.1) is 5.69 Å². The lowest BCUT2D eigenvalue weighted by atomic mass is 9.33. The van der Waals surface area contributed by atoms with Gasteiger partial charge in [-0.25, -0.2) is 0 Å². The molecule has 0 amide bonds. The summed E-state index contributed by atoms with van der Waals surface area (Å²) >= 11 is 0. The highest BCUT2D eigenvalue weighted by atomic mass is 16.6. The zero-order valence-corrected chi connectivity index (χ0v) is 44.9. The summed E-state index contributed by atoms with van der Waals surface area (Å²) in [7, 11) is 0. The van der Waals surface area contributed by atoms with Gasteiger partial charge in [0, 0.05) is 39.2 Å². The molecular weight excluding hydrogens is 916 g/mol. The van der Waals surface area contributed by atoms with E-state index < -0.39 is 0 Å². The Morgan fingerprint density at radius 2 is 0.947 bits per heavy atom. The number of hydrogen-bond donors (Lipinski definition) is 0. The molecule has 9 aromatic carbocycles. The molecule has 0 radical (unpaired) electrons. The van der Waals surface area contributed by atoms with E-state index >= 15 is 0 Å². The van der Waals surface area contributed by atoms with E-state index in [4.69, 9.17) is 13.9 Å². The summed E-state index contributed by atoms with van der Waals surface area (Å²) in [5, 5.41) is 2.24. The number of nitrogens with zero attached hydrogens (tertiary/aromatic N) is 2. The third-order valence-electron chi connectivity index (χ3n) is 15.9. The summed E-state index contributed by atoms with van der Waals surface area (Å²) in [4.78, 5) is 5.01. The van der Waals surface area contributed by atoms with Crippen LogP contribution in [-0.2, 0) is 16.2 Å². The third-order valence-corrected chi connectivity index (χ3v) is 15.9. The molecule has 10 aromatic rings. The van der Waals surface area contributed by atoms with Gasteiger partial charge in [0.1, 0.15) is 24.4 Å². The fourth-order valence-electron chi connectivity index (χ4n) is 11.9. The van der Waals surface area contributed by atoms with E-state index in [1.165, 1.54) is 44.2 Å². The van der Waals surface area contributed by atoms with Gasteiger partial charge in [-0.1, -0.05) is 165 Å². The topological polar surface area (TPSA) is 38.1 Å². The van der Waals surface area contributed by atoms with Crippen molar-refractivity contribution in [3.8, 4) is 44.9 Å². The first kappa shape index (κ1) is 46.8. The Bertz CT molecular complexity index is 3830. The highest BCUT2D eigenvalue weighted by Gasteiger charge is 2.46. The van der Waals surface area contributed by atoms with Gasteiger partial charge in [-0.15, -0.1) is 0 Å². The zero-order chi connectivity index (χ0) is 51.7. The van der Waals surface area contributed by atoms with Crippen LogP contribution in [0.5, 0.6) is 11.5 Å². The van der Waals surface area contributed by atoms with E-state index in [0.717, 1.165) is 95.4 Å². The van der Waals surface area contributed by atoms with Crippen molar-refractivity contribution in [1.29, 1.82) is 0 Å². The number of furan rings is 1. The summed E-state index contributed by atoms with van der Waals surface area (Å²) in [6, 6.07) is 66.1. The zero-order valence-electron chi connectivity index (χ0n) is 44.9. The van der Waals surface area contributed by atoms with Crippen molar-refractivity contribution in [2.24, 2.45) is 0 Å². The highest BCUT2D eigenvalue weighted by molar-refractivity contribution is 7.00. The van der Waals surface area contributed by atoms with E-state index in [1.54, 1.807) is 0 Å². The average molecular weight is 979 g/mol. The summed E-state index contributed by atoms with van der Waals surface area (Å²) in [5.74, 6) is 1.57. The first-order chi connectivity index (χ1) is 36.0. The van der Waals surface area contributed by atoms with Crippen molar-refractivity contribution in [3.05, 3.63) is 198 Å². The smallest absolute Gasteiger partial charge is 0.252 e. The molecule has 370 valence electrons. The van der Waals surface area contributed by atoms with Gasteiger partial charge in [-0.2, -0.15) is 0 Å². The number of aryl methyl sites for hydroxylation is 1. The highest BCUT2D eigenvalue weighted by Crippen LogP contribution is 2.51. The quantitative estimate of drug-likeness (QED) is 0.161. The standard InChI is InChI=1S/C69H63BN2O3/c1-42-35-59-64-60(36-42)72(52-27-25-51(26-28-52)69(8,9)10)65-57(31-32-62-66(65)74-34-33-73-62)70(64)56-30-20-45(46-19-29-55-54-13-11-12-14-61(54)75-63(55)41-46)40-58(56)71(59)53-38-47(43-15-21-49(22-16-43)67(2,3)4)37-48(39-53)44-17-23-50(24-18-44)68(5,6)7/h11-32,35-41H,33-34H2,1-10H3. The molecule has 13 rings (SSSR count). The molecule has 1 aromatic heterocycles. The Morgan fingerprint density at radius 3 is 1.59 bits per heavy atom. The molecule has 0 N–H and O–H groups in total. The molecule has 0 saturated carbocycles. The molecule has 0 saturated heterocycles. The van der Waals surface area contributed by atoms with E-state index in [1.807, 2.05) is 6.07 Å². The Morgan fingerprint density at radius 1 is 0.413 bits per heavy atom. The number of para-hydroxylation sites is 1. The summed E-state index contributed by atoms with van der Waals surface area (Å²) in [6.45, 7) is 23.6.